The number of benzene rings is 1. The van der Waals surface area contributed by atoms with Gasteiger partial charge in [0.05, 0.1) is 6.61 Å². The molecule has 0 bridgehead atoms. The van der Waals surface area contributed by atoms with Gasteiger partial charge in [0.25, 0.3) is 0 Å². The molecule has 1 aliphatic carbocycles. The SMILES string of the molecule is CCCOc1cccc(C(NC)C2CCCC(CC)C2)c1. The summed E-state index contributed by atoms with van der Waals surface area (Å²) >= 11 is 0. The number of hydrogen-bond acceptors (Lipinski definition) is 2. The molecule has 0 radical (unpaired) electrons. The highest BCUT2D eigenvalue weighted by molar-refractivity contribution is 5.31. The fourth-order valence-electron chi connectivity index (χ4n) is 3.70. The first kappa shape index (κ1) is 16.4. The Hall–Kier alpha value is -1.02. The second-order valence-corrected chi connectivity index (χ2v) is 6.39. The van der Waals surface area contributed by atoms with Gasteiger partial charge in [-0.2, -0.15) is 0 Å². The molecule has 0 spiro atoms. The topological polar surface area (TPSA) is 21.3 Å². The van der Waals surface area contributed by atoms with Crippen molar-refractivity contribution in [2.24, 2.45) is 11.8 Å². The summed E-state index contributed by atoms with van der Waals surface area (Å²) in [5, 5.41) is 3.56. The molecule has 0 heterocycles. The van der Waals surface area contributed by atoms with Crippen molar-refractivity contribution in [2.45, 2.75) is 58.4 Å². The quantitative estimate of drug-likeness (QED) is 0.766. The Morgan fingerprint density at radius 1 is 1.29 bits per heavy atom. The van der Waals surface area contributed by atoms with Gasteiger partial charge in [-0.15, -0.1) is 0 Å². The van der Waals surface area contributed by atoms with Crippen LogP contribution in [-0.2, 0) is 0 Å². The fraction of sp³-hybridized carbons (Fsp3) is 0.684. The van der Waals surface area contributed by atoms with Crippen LogP contribution < -0.4 is 10.1 Å². The molecule has 1 fully saturated rings. The van der Waals surface area contributed by atoms with Gasteiger partial charge in [-0.1, -0.05) is 45.2 Å². The van der Waals surface area contributed by atoms with E-state index in [-0.39, 0.29) is 0 Å². The molecule has 21 heavy (non-hydrogen) atoms. The summed E-state index contributed by atoms with van der Waals surface area (Å²) in [6, 6.07) is 9.14. The van der Waals surface area contributed by atoms with Crippen LogP contribution in [0, 0.1) is 11.8 Å². The molecule has 2 nitrogen and oxygen atoms in total. The standard InChI is InChI=1S/C19H31NO/c1-4-12-21-18-11-7-10-17(14-18)19(20-3)16-9-6-8-15(5-2)13-16/h7,10-11,14-16,19-20H,4-6,8-9,12-13H2,1-3H3. The van der Waals surface area contributed by atoms with E-state index in [0.717, 1.165) is 30.6 Å². The van der Waals surface area contributed by atoms with Gasteiger partial charge in [-0.3, -0.25) is 0 Å². The molecule has 3 atom stereocenters. The van der Waals surface area contributed by atoms with Crippen LogP contribution >= 0.6 is 0 Å². The zero-order valence-corrected chi connectivity index (χ0v) is 13.9. The smallest absolute Gasteiger partial charge is 0.119 e. The van der Waals surface area contributed by atoms with Gasteiger partial charge in [0.1, 0.15) is 5.75 Å². The summed E-state index contributed by atoms with van der Waals surface area (Å²) in [5.41, 5.74) is 1.38. The Bertz CT molecular complexity index is 418. The summed E-state index contributed by atoms with van der Waals surface area (Å²) < 4.78 is 5.79. The molecule has 3 unspecified atom stereocenters. The summed E-state index contributed by atoms with van der Waals surface area (Å²) in [6.07, 6.45) is 7.90. The molecule has 0 amide bonds. The molecule has 1 aromatic carbocycles. The summed E-state index contributed by atoms with van der Waals surface area (Å²) in [7, 11) is 2.10. The molecule has 118 valence electrons. The van der Waals surface area contributed by atoms with Crippen LogP contribution in [0.15, 0.2) is 24.3 Å². The molecule has 2 rings (SSSR count). The van der Waals surface area contributed by atoms with E-state index in [2.05, 4.69) is 50.5 Å². The zero-order valence-electron chi connectivity index (χ0n) is 13.9. The second kappa shape index (κ2) is 8.43. The first-order valence-electron chi connectivity index (χ1n) is 8.68. The highest BCUT2D eigenvalue weighted by Gasteiger charge is 2.28. The van der Waals surface area contributed by atoms with Crippen molar-refractivity contribution in [3.05, 3.63) is 29.8 Å². The Kier molecular flexibility index (Phi) is 6.56. The third-order valence-electron chi connectivity index (χ3n) is 4.87. The predicted molar refractivity (Wildman–Crippen MR) is 89.8 cm³/mol. The average molecular weight is 289 g/mol. The highest BCUT2D eigenvalue weighted by atomic mass is 16.5. The number of rotatable bonds is 7. The molecule has 1 N–H and O–H groups in total. The predicted octanol–water partition coefficient (Wildman–Crippen LogP) is 4.95. The Balaban J connectivity index is 2.09. The van der Waals surface area contributed by atoms with E-state index in [9.17, 15) is 0 Å². The van der Waals surface area contributed by atoms with Gasteiger partial charge in [-0.25, -0.2) is 0 Å². The Labute approximate surface area is 130 Å². The maximum absolute atomic E-state index is 5.79. The van der Waals surface area contributed by atoms with Gasteiger partial charge in [0.2, 0.25) is 0 Å². The van der Waals surface area contributed by atoms with Crippen LogP contribution in [0.3, 0.4) is 0 Å². The van der Waals surface area contributed by atoms with E-state index < -0.39 is 0 Å². The van der Waals surface area contributed by atoms with Crippen LogP contribution in [-0.4, -0.2) is 13.7 Å². The molecular formula is C19H31NO. The lowest BCUT2D eigenvalue weighted by atomic mass is 9.75. The second-order valence-electron chi connectivity index (χ2n) is 6.39. The number of ether oxygens (including phenoxy) is 1. The van der Waals surface area contributed by atoms with Gasteiger partial charge in [-0.05, 0) is 55.8 Å². The molecule has 0 saturated heterocycles. The first-order valence-corrected chi connectivity index (χ1v) is 8.68. The third-order valence-corrected chi connectivity index (χ3v) is 4.87. The minimum absolute atomic E-state index is 0.463. The van der Waals surface area contributed by atoms with Crippen molar-refractivity contribution >= 4 is 0 Å². The van der Waals surface area contributed by atoms with Crippen LogP contribution in [0.4, 0.5) is 0 Å². The van der Waals surface area contributed by atoms with Crippen LogP contribution in [0.1, 0.15) is 64.0 Å². The largest absolute Gasteiger partial charge is 0.494 e. The van der Waals surface area contributed by atoms with Crippen molar-refractivity contribution in [2.75, 3.05) is 13.7 Å². The van der Waals surface area contributed by atoms with Crippen molar-refractivity contribution in [3.8, 4) is 5.75 Å². The maximum atomic E-state index is 5.79. The lowest BCUT2D eigenvalue weighted by Crippen LogP contribution is -2.29. The molecule has 1 saturated carbocycles. The van der Waals surface area contributed by atoms with Crippen LogP contribution in [0.25, 0.3) is 0 Å². The van der Waals surface area contributed by atoms with E-state index in [1.807, 2.05) is 0 Å². The lowest BCUT2D eigenvalue weighted by Gasteiger charge is -2.34. The van der Waals surface area contributed by atoms with Gasteiger partial charge in [0, 0.05) is 6.04 Å². The minimum atomic E-state index is 0.463. The summed E-state index contributed by atoms with van der Waals surface area (Å²) in [4.78, 5) is 0. The third kappa shape index (κ3) is 4.47. The van der Waals surface area contributed by atoms with E-state index in [0.29, 0.717) is 6.04 Å². The van der Waals surface area contributed by atoms with Gasteiger partial charge in [0.15, 0.2) is 0 Å². The van der Waals surface area contributed by atoms with Crippen LogP contribution in [0.2, 0.25) is 0 Å². The van der Waals surface area contributed by atoms with E-state index in [1.165, 1.54) is 37.7 Å². The molecule has 0 aromatic heterocycles. The highest BCUT2D eigenvalue weighted by Crippen LogP contribution is 2.38. The van der Waals surface area contributed by atoms with Crippen molar-refractivity contribution in [1.82, 2.24) is 5.32 Å². The fourth-order valence-corrected chi connectivity index (χ4v) is 3.70. The monoisotopic (exact) mass is 289 g/mol. The summed E-state index contributed by atoms with van der Waals surface area (Å²) in [5.74, 6) is 2.69. The van der Waals surface area contributed by atoms with E-state index in [4.69, 9.17) is 4.74 Å². The van der Waals surface area contributed by atoms with Gasteiger partial charge < -0.3 is 10.1 Å². The van der Waals surface area contributed by atoms with Crippen molar-refractivity contribution < 1.29 is 4.74 Å². The van der Waals surface area contributed by atoms with Crippen molar-refractivity contribution in [1.29, 1.82) is 0 Å². The Morgan fingerprint density at radius 3 is 2.86 bits per heavy atom. The number of hydrogen-bond donors (Lipinski definition) is 1. The first-order chi connectivity index (χ1) is 10.3. The maximum Gasteiger partial charge on any atom is 0.119 e. The molecule has 1 aromatic rings. The molecule has 1 aliphatic rings. The van der Waals surface area contributed by atoms with Crippen molar-refractivity contribution in [3.63, 3.8) is 0 Å². The van der Waals surface area contributed by atoms with E-state index in [1.54, 1.807) is 0 Å². The lowest BCUT2D eigenvalue weighted by molar-refractivity contribution is 0.214. The Morgan fingerprint density at radius 2 is 2.14 bits per heavy atom. The van der Waals surface area contributed by atoms with E-state index >= 15 is 0 Å². The number of nitrogens with one attached hydrogen (secondary N) is 1. The van der Waals surface area contributed by atoms with Crippen LogP contribution in [0.5, 0.6) is 5.75 Å². The average Bonchev–Trinajstić information content (AvgIpc) is 2.54. The summed E-state index contributed by atoms with van der Waals surface area (Å²) in [6.45, 7) is 5.28. The normalized spacial score (nSPS) is 23.8. The molecular weight excluding hydrogens is 258 g/mol. The minimum Gasteiger partial charge on any atom is -0.494 e. The molecule has 0 aliphatic heterocycles. The zero-order chi connectivity index (χ0) is 15.1. The molecule has 2 heteroatoms. The van der Waals surface area contributed by atoms with Gasteiger partial charge >= 0.3 is 0 Å².